The normalized spacial score (nSPS) is 11.8. The van der Waals surface area contributed by atoms with Gasteiger partial charge in [0, 0.05) is 24.6 Å². The van der Waals surface area contributed by atoms with Gasteiger partial charge >= 0.3 is 0 Å². The van der Waals surface area contributed by atoms with Gasteiger partial charge in [0.2, 0.25) is 5.88 Å². The summed E-state index contributed by atoms with van der Waals surface area (Å²) in [6, 6.07) is 1.83. The Bertz CT molecular complexity index is 428. The summed E-state index contributed by atoms with van der Waals surface area (Å²) in [6.45, 7) is 15.2. The molecule has 0 atom stereocenters. The van der Waals surface area contributed by atoms with Gasteiger partial charge in [-0.2, -0.15) is 4.98 Å². The van der Waals surface area contributed by atoms with E-state index >= 15 is 0 Å². The van der Waals surface area contributed by atoms with Crippen LogP contribution in [-0.2, 0) is 10.2 Å². The summed E-state index contributed by atoms with van der Waals surface area (Å²) < 4.78 is 11.2. The quantitative estimate of drug-likeness (QED) is 0.746. The fourth-order valence-electron chi connectivity index (χ4n) is 1.63. The van der Waals surface area contributed by atoms with E-state index in [1.807, 2.05) is 13.0 Å². The second-order valence-corrected chi connectivity index (χ2v) is 6.51. The molecule has 0 aliphatic rings. The van der Waals surface area contributed by atoms with Crippen molar-refractivity contribution in [1.82, 2.24) is 9.97 Å². The van der Waals surface area contributed by atoms with E-state index in [0.717, 1.165) is 24.8 Å². The van der Waals surface area contributed by atoms with Crippen molar-refractivity contribution in [3.63, 3.8) is 0 Å². The van der Waals surface area contributed by atoms with Crippen LogP contribution in [0, 0.1) is 5.92 Å². The fourth-order valence-corrected chi connectivity index (χ4v) is 1.63. The topological polar surface area (TPSA) is 56.3 Å². The maximum Gasteiger partial charge on any atom is 0.218 e. The van der Waals surface area contributed by atoms with Gasteiger partial charge in [0.15, 0.2) is 0 Å². The zero-order valence-electron chi connectivity index (χ0n) is 14.2. The van der Waals surface area contributed by atoms with Crippen LogP contribution >= 0.6 is 0 Å². The molecular weight excluding hydrogens is 266 g/mol. The molecule has 0 bridgehead atoms. The van der Waals surface area contributed by atoms with Gasteiger partial charge in [0.05, 0.1) is 6.61 Å². The van der Waals surface area contributed by atoms with E-state index in [1.165, 1.54) is 0 Å². The molecule has 0 aromatic carbocycles. The van der Waals surface area contributed by atoms with Gasteiger partial charge in [-0.05, 0) is 12.8 Å². The molecule has 21 heavy (non-hydrogen) atoms. The third-order valence-corrected chi connectivity index (χ3v) is 2.66. The van der Waals surface area contributed by atoms with Crippen molar-refractivity contribution in [3.05, 3.63) is 11.9 Å². The Kier molecular flexibility index (Phi) is 6.89. The minimum Gasteiger partial charge on any atom is -0.475 e. The zero-order chi connectivity index (χ0) is 15.9. The van der Waals surface area contributed by atoms with Crippen LogP contribution in [0.2, 0.25) is 0 Å². The van der Waals surface area contributed by atoms with Gasteiger partial charge in [-0.15, -0.1) is 0 Å². The third-order valence-electron chi connectivity index (χ3n) is 2.66. The summed E-state index contributed by atoms with van der Waals surface area (Å²) in [5.41, 5.74) is -0.113. The number of aromatic nitrogens is 2. The molecule has 0 spiro atoms. The number of nitrogens with zero attached hydrogens (tertiary/aromatic N) is 2. The van der Waals surface area contributed by atoms with Crippen LogP contribution in [0.5, 0.6) is 5.88 Å². The molecule has 0 saturated carbocycles. The first kappa shape index (κ1) is 17.7. The molecule has 1 heterocycles. The highest BCUT2D eigenvalue weighted by Crippen LogP contribution is 2.23. The van der Waals surface area contributed by atoms with Crippen molar-refractivity contribution in [1.29, 1.82) is 0 Å². The smallest absolute Gasteiger partial charge is 0.218 e. The maximum absolute atomic E-state index is 5.69. The second-order valence-electron chi connectivity index (χ2n) is 6.51. The number of anilines is 1. The lowest BCUT2D eigenvalue weighted by Crippen LogP contribution is -2.18. The average Bonchev–Trinajstić information content (AvgIpc) is 2.37. The van der Waals surface area contributed by atoms with Crippen molar-refractivity contribution >= 4 is 5.82 Å². The van der Waals surface area contributed by atoms with E-state index in [4.69, 9.17) is 9.47 Å². The van der Waals surface area contributed by atoms with Crippen LogP contribution in [0.3, 0.4) is 0 Å². The second kappa shape index (κ2) is 8.17. The van der Waals surface area contributed by atoms with E-state index in [2.05, 4.69) is 49.9 Å². The molecule has 0 amide bonds. The van der Waals surface area contributed by atoms with Crippen LogP contribution in [0.4, 0.5) is 5.82 Å². The third kappa shape index (κ3) is 6.76. The molecule has 1 aromatic rings. The number of ether oxygens (including phenoxy) is 2. The highest BCUT2D eigenvalue weighted by molar-refractivity contribution is 5.39. The van der Waals surface area contributed by atoms with Crippen LogP contribution in [-0.4, -0.2) is 36.3 Å². The van der Waals surface area contributed by atoms with Gasteiger partial charge < -0.3 is 14.8 Å². The molecule has 1 N–H and O–H groups in total. The summed E-state index contributed by atoms with van der Waals surface area (Å²) >= 11 is 0. The summed E-state index contributed by atoms with van der Waals surface area (Å²) in [5, 5.41) is 3.21. The molecule has 1 rings (SSSR count). The highest BCUT2D eigenvalue weighted by atomic mass is 16.5. The lowest BCUT2D eigenvalue weighted by atomic mass is 9.96. The van der Waals surface area contributed by atoms with Crippen LogP contribution in [0.15, 0.2) is 6.07 Å². The fraction of sp³-hybridized carbons (Fsp3) is 0.750. The molecule has 5 nitrogen and oxygen atoms in total. The highest BCUT2D eigenvalue weighted by Gasteiger charge is 2.19. The predicted octanol–water partition coefficient (Wildman–Crippen LogP) is 3.26. The standard InChI is InChI=1S/C16H29N3O2/c1-7-17-13-10-14(19-15(18-13)16(4,5)6)21-9-8-20-11-12(2)3/h10,12H,7-9,11H2,1-6H3,(H,17,18,19). The van der Waals surface area contributed by atoms with Crippen LogP contribution in [0.25, 0.3) is 0 Å². The van der Waals surface area contributed by atoms with E-state index < -0.39 is 0 Å². The maximum atomic E-state index is 5.69. The molecule has 120 valence electrons. The zero-order valence-corrected chi connectivity index (χ0v) is 14.2. The predicted molar refractivity (Wildman–Crippen MR) is 86.0 cm³/mol. The van der Waals surface area contributed by atoms with Gasteiger partial charge in [0.25, 0.3) is 0 Å². The van der Waals surface area contributed by atoms with Gasteiger partial charge in [0.1, 0.15) is 18.2 Å². The first-order chi connectivity index (χ1) is 9.82. The number of hydrogen-bond donors (Lipinski definition) is 1. The Morgan fingerprint density at radius 2 is 1.90 bits per heavy atom. The van der Waals surface area contributed by atoms with Crippen LogP contribution < -0.4 is 10.1 Å². The number of nitrogens with one attached hydrogen (secondary N) is 1. The first-order valence-electron chi connectivity index (χ1n) is 7.67. The SMILES string of the molecule is CCNc1cc(OCCOCC(C)C)nc(C(C)(C)C)n1. The molecular formula is C16H29N3O2. The Hall–Kier alpha value is -1.36. The van der Waals surface area contributed by atoms with E-state index in [-0.39, 0.29) is 5.41 Å². The van der Waals surface area contributed by atoms with Crippen molar-refractivity contribution in [2.24, 2.45) is 5.92 Å². The molecule has 0 radical (unpaired) electrons. The van der Waals surface area contributed by atoms with Gasteiger partial charge in [-0.1, -0.05) is 34.6 Å². The molecule has 0 aliphatic heterocycles. The average molecular weight is 295 g/mol. The molecule has 5 heteroatoms. The summed E-state index contributed by atoms with van der Waals surface area (Å²) in [5.74, 6) is 2.71. The monoisotopic (exact) mass is 295 g/mol. The van der Waals surface area contributed by atoms with Crippen LogP contribution in [0.1, 0.15) is 47.4 Å². The molecule has 1 aromatic heterocycles. The number of hydrogen-bond acceptors (Lipinski definition) is 5. The molecule has 0 unspecified atom stereocenters. The lowest BCUT2D eigenvalue weighted by molar-refractivity contribution is 0.0804. The summed E-state index contributed by atoms with van der Waals surface area (Å²) in [6.07, 6.45) is 0. The van der Waals surface area contributed by atoms with Crippen molar-refractivity contribution in [3.8, 4) is 5.88 Å². The van der Waals surface area contributed by atoms with E-state index in [0.29, 0.717) is 25.0 Å². The molecule has 0 saturated heterocycles. The summed E-state index contributed by atoms with van der Waals surface area (Å²) in [4.78, 5) is 9.02. The number of rotatable bonds is 8. The largest absolute Gasteiger partial charge is 0.475 e. The summed E-state index contributed by atoms with van der Waals surface area (Å²) in [7, 11) is 0. The van der Waals surface area contributed by atoms with Gasteiger partial charge in [-0.3, -0.25) is 0 Å². The Labute approximate surface area is 128 Å². The first-order valence-corrected chi connectivity index (χ1v) is 7.67. The Balaban J connectivity index is 2.65. The van der Waals surface area contributed by atoms with Crippen molar-refractivity contribution < 1.29 is 9.47 Å². The van der Waals surface area contributed by atoms with E-state index in [1.54, 1.807) is 0 Å². The van der Waals surface area contributed by atoms with Crippen molar-refractivity contribution in [2.75, 3.05) is 31.7 Å². The molecule has 0 fully saturated rings. The van der Waals surface area contributed by atoms with Crippen molar-refractivity contribution in [2.45, 2.75) is 47.0 Å². The minimum absolute atomic E-state index is 0.113. The molecule has 0 aliphatic carbocycles. The minimum atomic E-state index is -0.113. The Morgan fingerprint density at radius 3 is 2.48 bits per heavy atom. The Morgan fingerprint density at radius 1 is 1.19 bits per heavy atom. The lowest BCUT2D eigenvalue weighted by Gasteiger charge is -2.19. The van der Waals surface area contributed by atoms with E-state index in [9.17, 15) is 0 Å². The van der Waals surface area contributed by atoms with Gasteiger partial charge in [-0.25, -0.2) is 4.98 Å².